The van der Waals surface area contributed by atoms with Crippen molar-refractivity contribution in [2.24, 2.45) is 0 Å². The van der Waals surface area contributed by atoms with Crippen LogP contribution in [0.1, 0.15) is 30.6 Å². The van der Waals surface area contributed by atoms with Crippen LogP contribution in [0.5, 0.6) is 11.5 Å². The van der Waals surface area contributed by atoms with Gasteiger partial charge >= 0.3 is 5.97 Å². The standard InChI is InChI=1S/C16H19NO6/c1-4-12-16(20)17(8-14(19)22-5-2)11-6-10(9-18)7-13(21-3)15(11)23-12/h6-7,9,12H,4-5,8H2,1-3H3. The predicted octanol–water partition coefficient (Wildman–Crippen LogP) is 1.57. The summed E-state index contributed by atoms with van der Waals surface area (Å²) < 4.78 is 15.9. The van der Waals surface area contributed by atoms with E-state index in [0.29, 0.717) is 35.5 Å². The second kappa shape index (κ2) is 7.13. The molecule has 1 aliphatic heterocycles. The number of methoxy groups -OCH3 is 1. The number of amides is 1. The number of carbonyl (C=O) groups is 3. The maximum absolute atomic E-state index is 12.5. The Hall–Kier alpha value is -2.57. The summed E-state index contributed by atoms with van der Waals surface area (Å²) in [4.78, 5) is 36.7. The smallest absolute Gasteiger partial charge is 0.326 e. The monoisotopic (exact) mass is 321 g/mol. The van der Waals surface area contributed by atoms with Gasteiger partial charge in [0.15, 0.2) is 17.6 Å². The minimum atomic E-state index is -0.715. The fourth-order valence-corrected chi connectivity index (χ4v) is 2.39. The lowest BCUT2D eigenvalue weighted by molar-refractivity contribution is -0.143. The van der Waals surface area contributed by atoms with Crippen molar-refractivity contribution in [3.05, 3.63) is 17.7 Å². The molecule has 1 aliphatic rings. The molecule has 7 nitrogen and oxygen atoms in total. The quantitative estimate of drug-likeness (QED) is 0.584. The normalized spacial score (nSPS) is 16.4. The van der Waals surface area contributed by atoms with Crippen LogP contribution in [0.3, 0.4) is 0 Å². The number of aldehydes is 1. The van der Waals surface area contributed by atoms with Crippen molar-refractivity contribution in [2.45, 2.75) is 26.4 Å². The van der Waals surface area contributed by atoms with E-state index in [-0.39, 0.29) is 19.1 Å². The van der Waals surface area contributed by atoms with E-state index < -0.39 is 12.1 Å². The highest BCUT2D eigenvalue weighted by molar-refractivity contribution is 6.04. The maximum atomic E-state index is 12.5. The molecule has 1 atom stereocenters. The zero-order valence-corrected chi connectivity index (χ0v) is 13.3. The van der Waals surface area contributed by atoms with Crippen molar-refractivity contribution in [2.75, 3.05) is 25.2 Å². The van der Waals surface area contributed by atoms with Crippen molar-refractivity contribution in [3.63, 3.8) is 0 Å². The third-order valence-electron chi connectivity index (χ3n) is 3.47. The van der Waals surface area contributed by atoms with E-state index in [1.54, 1.807) is 6.92 Å². The lowest BCUT2D eigenvalue weighted by Crippen LogP contribution is -2.48. The summed E-state index contributed by atoms with van der Waals surface area (Å²) >= 11 is 0. The van der Waals surface area contributed by atoms with Gasteiger partial charge in [0, 0.05) is 5.56 Å². The van der Waals surface area contributed by atoms with Gasteiger partial charge in [-0.1, -0.05) is 6.92 Å². The van der Waals surface area contributed by atoms with Crippen molar-refractivity contribution in [1.29, 1.82) is 0 Å². The molecule has 0 spiro atoms. The van der Waals surface area contributed by atoms with E-state index in [1.165, 1.54) is 24.1 Å². The van der Waals surface area contributed by atoms with Gasteiger partial charge in [-0.2, -0.15) is 0 Å². The molecular weight excluding hydrogens is 302 g/mol. The van der Waals surface area contributed by atoms with Crippen molar-refractivity contribution in [1.82, 2.24) is 0 Å². The number of anilines is 1. The van der Waals surface area contributed by atoms with Gasteiger partial charge in [-0.15, -0.1) is 0 Å². The summed E-state index contributed by atoms with van der Waals surface area (Å²) in [6.45, 7) is 3.47. The third kappa shape index (κ3) is 3.28. The summed E-state index contributed by atoms with van der Waals surface area (Å²) in [5.74, 6) is -0.199. The second-order valence-corrected chi connectivity index (χ2v) is 4.93. The fraction of sp³-hybridized carbons (Fsp3) is 0.438. The molecule has 1 aromatic carbocycles. The first kappa shape index (κ1) is 16.8. The average molecular weight is 321 g/mol. The van der Waals surface area contributed by atoms with Crippen LogP contribution in [-0.4, -0.2) is 44.5 Å². The molecule has 124 valence electrons. The number of carbonyl (C=O) groups excluding carboxylic acids is 3. The van der Waals surface area contributed by atoms with Gasteiger partial charge in [0.25, 0.3) is 5.91 Å². The van der Waals surface area contributed by atoms with E-state index in [9.17, 15) is 14.4 Å². The number of benzene rings is 1. The van der Waals surface area contributed by atoms with Gasteiger partial charge in [0.1, 0.15) is 12.8 Å². The molecule has 0 radical (unpaired) electrons. The van der Waals surface area contributed by atoms with Crippen LogP contribution < -0.4 is 14.4 Å². The number of ether oxygens (including phenoxy) is 3. The summed E-state index contributed by atoms with van der Waals surface area (Å²) in [6, 6.07) is 3.02. The maximum Gasteiger partial charge on any atom is 0.326 e. The highest BCUT2D eigenvalue weighted by Crippen LogP contribution is 2.43. The van der Waals surface area contributed by atoms with Crippen LogP contribution >= 0.6 is 0 Å². The van der Waals surface area contributed by atoms with Gasteiger partial charge in [0.05, 0.1) is 19.4 Å². The molecule has 0 fully saturated rings. The van der Waals surface area contributed by atoms with Gasteiger partial charge in [-0.05, 0) is 25.5 Å². The number of hydrogen-bond acceptors (Lipinski definition) is 6. The Labute approximate surface area is 134 Å². The van der Waals surface area contributed by atoms with E-state index in [0.717, 1.165) is 0 Å². The number of hydrogen-bond donors (Lipinski definition) is 0. The molecule has 23 heavy (non-hydrogen) atoms. The van der Waals surface area contributed by atoms with Crippen LogP contribution in [0.15, 0.2) is 12.1 Å². The lowest BCUT2D eigenvalue weighted by Gasteiger charge is -2.34. The minimum absolute atomic E-state index is 0.221. The first-order chi connectivity index (χ1) is 11.0. The van der Waals surface area contributed by atoms with Gasteiger partial charge in [0.2, 0.25) is 0 Å². The van der Waals surface area contributed by atoms with E-state index >= 15 is 0 Å². The Bertz CT molecular complexity index is 627. The molecule has 2 rings (SSSR count). The summed E-state index contributed by atoms with van der Waals surface area (Å²) in [7, 11) is 1.45. The van der Waals surface area contributed by atoms with Crippen LogP contribution in [0.25, 0.3) is 0 Å². The molecule has 1 amide bonds. The molecule has 0 saturated carbocycles. The van der Waals surface area contributed by atoms with Crippen LogP contribution in [0.2, 0.25) is 0 Å². The Morgan fingerprint density at radius 1 is 1.39 bits per heavy atom. The Morgan fingerprint density at radius 3 is 2.70 bits per heavy atom. The highest BCUT2D eigenvalue weighted by atomic mass is 16.5. The van der Waals surface area contributed by atoms with Crippen molar-refractivity contribution in [3.8, 4) is 11.5 Å². The summed E-state index contributed by atoms with van der Waals surface area (Å²) in [5.41, 5.74) is 0.648. The molecule has 0 N–H and O–H groups in total. The van der Waals surface area contributed by atoms with Crippen LogP contribution in [0, 0.1) is 0 Å². The number of rotatable bonds is 6. The number of esters is 1. The predicted molar refractivity (Wildman–Crippen MR) is 82.1 cm³/mol. The number of fused-ring (bicyclic) bond motifs is 1. The van der Waals surface area contributed by atoms with Crippen molar-refractivity contribution < 1.29 is 28.6 Å². The molecule has 7 heteroatoms. The molecule has 0 aromatic heterocycles. The second-order valence-electron chi connectivity index (χ2n) is 4.93. The number of nitrogens with zero attached hydrogens (tertiary/aromatic N) is 1. The summed E-state index contributed by atoms with van der Waals surface area (Å²) in [5, 5.41) is 0. The van der Waals surface area contributed by atoms with Crippen molar-refractivity contribution >= 4 is 23.9 Å². The van der Waals surface area contributed by atoms with Crippen LogP contribution in [-0.2, 0) is 14.3 Å². The minimum Gasteiger partial charge on any atom is -0.493 e. The van der Waals surface area contributed by atoms with Gasteiger partial charge in [-0.3, -0.25) is 19.3 Å². The molecule has 0 saturated heterocycles. The Morgan fingerprint density at radius 2 is 2.13 bits per heavy atom. The zero-order chi connectivity index (χ0) is 17.0. The SMILES string of the molecule is CCOC(=O)CN1C(=O)C(CC)Oc2c(OC)cc(C=O)cc21. The Kier molecular flexibility index (Phi) is 5.20. The summed E-state index contributed by atoms with van der Waals surface area (Å²) in [6.07, 6.45) is 0.366. The first-order valence-electron chi connectivity index (χ1n) is 7.36. The Balaban J connectivity index is 2.51. The lowest BCUT2D eigenvalue weighted by atomic mass is 10.1. The first-order valence-corrected chi connectivity index (χ1v) is 7.36. The molecule has 1 heterocycles. The third-order valence-corrected chi connectivity index (χ3v) is 3.47. The fourth-order valence-electron chi connectivity index (χ4n) is 2.39. The molecular formula is C16H19NO6. The van der Waals surface area contributed by atoms with E-state index in [4.69, 9.17) is 14.2 Å². The van der Waals surface area contributed by atoms with Crippen LogP contribution in [0.4, 0.5) is 5.69 Å². The highest BCUT2D eigenvalue weighted by Gasteiger charge is 2.36. The molecule has 0 bridgehead atoms. The molecule has 0 aliphatic carbocycles. The topological polar surface area (TPSA) is 82.1 Å². The molecule has 1 unspecified atom stereocenters. The zero-order valence-electron chi connectivity index (χ0n) is 13.3. The van der Waals surface area contributed by atoms with E-state index in [1.807, 2.05) is 6.92 Å². The van der Waals surface area contributed by atoms with E-state index in [2.05, 4.69) is 0 Å². The molecule has 1 aromatic rings. The largest absolute Gasteiger partial charge is 0.493 e. The average Bonchev–Trinajstić information content (AvgIpc) is 2.56. The van der Waals surface area contributed by atoms with Gasteiger partial charge < -0.3 is 14.2 Å². The van der Waals surface area contributed by atoms with Gasteiger partial charge in [-0.25, -0.2) is 0 Å².